The van der Waals surface area contributed by atoms with Crippen molar-refractivity contribution >= 4 is 27.5 Å². The Morgan fingerprint density at radius 2 is 2.00 bits per heavy atom. The molecule has 0 saturated carbocycles. The molecule has 0 atom stereocenters. The Labute approximate surface area is 190 Å². The number of hydrogen-bond acceptors (Lipinski definition) is 4. The first-order valence-corrected chi connectivity index (χ1v) is 10.7. The smallest absolute Gasteiger partial charge is 0.379 e. The number of hydrogen-bond donors (Lipinski definition) is 0. The van der Waals surface area contributed by atoms with Crippen molar-refractivity contribution in [1.82, 2.24) is 14.8 Å². The average molecular weight is 507 g/mol. The normalized spacial score (nSPS) is 17.4. The molecular formula is C22H18BrF3N4O2. The van der Waals surface area contributed by atoms with Gasteiger partial charge in [-0.25, -0.2) is 0 Å². The third kappa shape index (κ3) is 3.41. The summed E-state index contributed by atoms with van der Waals surface area (Å²) in [6, 6.07) is 9.85. The van der Waals surface area contributed by atoms with E-state index in [-0.39, 0.29) is 27.6 Å². The Morgan fingerprint density at radius 3 is 2.62 bits per heavy atom. The Morgan fingerprint density at radius 1 is 1.22 bits per heavy atom. The maximum absolute atomic E-state index is 13.6. The van der Waals surface area contributed by atoms with Gasteiger partial charge in [-0.1, -0.05) is 28.1 Å². The van der Waals surface area contributed by atoms with Crippen LogP contribution in [0.2, 0.25) is 0 Å². The summed E-state index contributed by atoms with van der Waals surface area (Å²) in [6.07, 6.45) is -2.31. The number of aromatic nitrogens is 3. The van der Waals surface area contributed by atoms with E-state index < -0.39 is 17.6 Å². The highest BCUT2D eigenvalue weighted by Crippen LogP contribution is 2.42. The fraction of sp³-hybridized carbons (Fsp3) is 0.318. The molecule has 0 radical (unpaired) electrons. The first-order valence-electron chi connectivity index (χ1n) is 9.91. The topological polar surface area (TPSA) is 60.2 Å². The maximum Gasteiger partial charge on any atom is 0.416 e. The van der Waals surface area contributed by atoms with Crippen molar-refractivity contribution in [3.63, 3.8) is 0 Å². The first kappa shape index (κ1) is 21.1. The van der Waals surface area contributed by atoms with E-state index in [1.165, 1.54) is 11.0 Å². The van der Waals surface area contributed by atoms with Crippen LogP contribution < -0.4 is 4.90 Å². The number of benzene rings is 2. The van der Waals surface area contributed by atoms with Gasteiger partial charge in [-0.2, -0.15) is 13.2 Å². The Balaban J connectivity index is 1.50. The lowest BCUT2D eigenvalue weighted by atomic mass is 9.75. The van der Waals surface area contributed by atoms with Gasteiger partial charge < -0.3 is 14.2 Å². The van der Waals surface area contributed by atoms with E-state index >= 15 is 0 Å². The molecule has 1 fully saturated rings. The molecule has 32 heavy (non-hydrogen) atoms. The van der Waals surface area contributed by atoms with Crippen LogP contribution in [0.5, 0.6) is 0 Å². The predicted octanol–water partition coefficient (Wildman–Crippen LogP) is 4.27. The average Bonchev–Trinajstić information content (AvgIpc) is 3.26. The number of carbonyl (C=O) groups is 1. The van der Waals surface area contributed by atoms with Crippen LogP contribution in [0.1, 0.15) is 32.9 Å². The van der Waals surface area contributed by atoms with E-state index in [0.29, 0.717) is 25.3 Å². The predicted molar refractivity (Wildman–Crippen MR) is 113 cm³/mol. The highest BCUT2D eigenvalue weighted by Gasteiger charge is 2.43. The SMILES string of the molecule is Cn1cnnc1CC1(c2cccc(N3Cc4c(cc(Br)cc4C(F)(F)F)C3=O)c2)COC1. The number of amides is 1. The number of rotatable bonds is 4. The highest BCUT2D eigenvalue weighted by molar-refractivity contribution is 9.10. The number of carbonyl (C=O) groups excluding carboxylic acids is 1. The summed E-state index contributed by atoms with van der Waals surface area (Å²) in [5.41, 5.74) is 0.448. The minimum Gasteiger partial charge on any atom is -0.379 e. The van der Waals surface area contributed by atoms with E-state index in [0.717, 1.165) is 17.5 Å². The molecule has 1 saturated heterocycles. The number of nitrogens with zero attached hydrogens (tertiary/aromatic N) is 4. The van der Waals surface area contributed by atoms with Gasteiger partial charge in [0.2, 0.25) is 0 Å². The maximum atomic E-state index is 13.6. The van der Waals surface area contributed by atoms with Crippen molar-refractivity contribution in [2.75, 3.05) is 18.1 Å². The van der Waals surface area contributed by atoms with Crippen LogP contribution in [-0.4, -0.2) is 33.9 Å². The number of halogens is 4. The van der Waals surface area contributed by atoms with Gasteiger partial charge in [-0.15, -0.1) is 10.2 Å². The molecule has 3 heterocycles. The Kier molecular flexibility index (Phi) is 4.90. The van der Waals surface area contributed by atoms with Crippen LogP contribution in [0.3, 0.4) is 0 Å². The van der Waals surface area contributed by atoms with Crippen LogP contribution in [0.15, 0.2) is 47.2 Å². The van der Waals surface area contributed by atoms with E-state index in [9.17, 15) is 18.0 Å². The van der Waals surface area contributed by atoms with Crippen molar-refractivity contribution in [2.24, 2.45) is 7.05 Å². The second-order valence-corrected chi connectivity index (χ2v) is 9.14. The quantitative estimate of drug-likeness (QED) is 0.530. The van der Waals surface area contributed by atoms with E-state index in [1.807, 2.05) is 29.8 Å². The summed E-state index contributed by atoms with van der Waals surface area (Å²) in [7, 11) is 1.87. The molecule has 0 bridgehead atoms. The molecule has 2 aromatic carbocycles. The largest absolute Gasteiger partial charge is 0.416 e. The molecule has 5 rings (SSSR count). The van der Waals surface area contributed by atoms with Gasteiger partial charge in [-0.05, 0) is 35.4 Å². The molecule has 10 heteroatoms. The Bertz CT molecular complexity index is 1220. The lowest BCUT2D eigenvalue weighted by Crippen LogP contribution is -2.49. The summed E-state index contributed by atoms with van der Waals surface area (Å²) in [5, 5.41) is 8.10. The van der Waals surface area contributed by atoms with Crippen LogP contribution in [0, 0.1) is 0 Å². The van der Waals surface area contributed by atoms with Crippen molar-refractivity contribution in [3.05, 3.63) is 75.3 Å². The van der Waals surface area contributed by atoms with Gasteiger partial charge in [0.25, 0.3) is 5.91 Å². The Hall–Kier alpha value is -2.72. The van der Waals surface area contributed by atoms with Crippen LogP contribution >= 0.6 is 15.9 Å². The van der Waals surface area contributed by atoms with Gasteiger partial charge in [0.1, 0.15) is 12.2 Å². The number of aryl methyl sites for hydroxylation is 1. The molecule has 0 N–H and O–H groups in total. The third-order valence-corrected chi connectivity index (χ3v) is 6.60. The van der Waals surface area contributed by atoms with Crippen molar-refractivity contribution in [3.8, 4) is 0 Å². The summed E-state index contributed by atoms with van der Waals surface area (Å²) in [6.45, 7) is 0.845. The zero-order chi connectivity index (χ0) is 22.7. The zero-order valence-electron chi connectivity index (χ0n) is 17.0. The number of ether oxygens (including phenoxy) is 1. The summed E-state index contributed by atoms with van der Waals surface area (Å²) in [5.74, 6) is 0.360. The van der Waals surface area contributed by atoms with Gasteiger partial charge >= 0.3 is 6.18 Å². The standard InChI is InChI=1S/C22H18BrF3N4O2/c1-29-12-27-28-19(29)8-21(10-32-11-21)13-3-2-4-15(5-13)30-9-17-16(20(30)31)6-14(23)7-18(17)22(24,25)26/h2-7,12H,8-11H2,1H3. The number of anilines is 1. The van der Waals surface area contributed by atoms with Crippen molar-refractivity contribution in [1.29, 1.82) is 0 Å². The molecule has 2 aliphatic heterocycles. The van der Waals surface area contributed by atoms with Crippen LogP contribution in [0.25, 0.3) is 0 Å². The lowest BCUT2D eigenvalue weighted by molar-refractivity contribution is -0.138. The molecule has 1 amide bonds. The third-order valence-electron chi connectivity index (χ3n) is 6.14. The minimum atomic E-state index is -4.55. The molecule has 1 aromatic heterocycles. The molecular weight excluding hydrogens is 489 g/mol. The fourth-order valence-electron chi connectivity index (χ4n) is 4.33. The van der Waals surface area contributed by atoms with Gasteiger partial charge in [0, 0.05) is 34.6 Å². The molecule has 166 valence electrons. The van der Waals surface area contributed by atoms with E-state index in [1.54, 1.807) is 12.4 Å². The monoisotopic (exact) mass is 506 g/mol. The minimum absolute atomic E-state index is 0.00289. The first-order chi connectivity index (χ1) is 15.2. The molecule has 2 aliphatic rings. The summed E-state index contributed by atoms with van der Waals surface area (Å²) >= 11 is 3.10. The second-order valence-electron chi connectivity index (χ2n) is 8.23. The molecule has 0 unspecified atom stereocenters. The van der Waals surface area contributed by atoms with Gasteiger partial charge in [0.05, 0.1) is 25.3 Å². The van der Waals surface area contributed by atoms with Crippen molar-refractivity contribution < 1.29 is 22.7 Å². The van der Waals surface area contributed by atoms with Crippen LogP contribution in [0.4, 0.5) is 18.9 Å². The number of alkyl halides is 3. The summed E-state index contributed by atoms with van der Waals surface area (Å²) < 4.78 is 48.4. The highest BCUT2D eigenvalue weighted by atomic mass is 79.9. The molecule has 3 aromatic rings. The fourth-order valence-corrected chi connectivity index (χ4v) is 4.79. The van der Waals surface area contributed by atoms with Gasteiger partial charge in [-0.3, -0.25) is 4.79 Å². The summed E-state index contributed by atoms with van der Waals surface area (Å²) in [4.78, 5) is 14.5. The second kappa shape index (κ2) is 7.41. The lowest BCUT2D eigenvalue weighted by Gasteiger charge is -2.42. The van der Waals surface area contributed by atoms with E-state index in [4.69, 9.17) is 4.74 Å². The van der Waals surface area contributed by atoms with E-state index in [2.05, 4.69) is 26.1 Å². The van der Waals surface area contributed by atoms with Crippen LogP contribution in [-0.2, 0) is 36.3 Å². The zero-order valence-corrected chi connectivity index (χ0v) is 18.6. The molecule has 0 spiro atoms. The van der Waals surface area contributed by atoms with Crippen molar-refractivity contribution in [2.45, 2.75) is 24.6 Å². The molecule has 0 aliphatic carbocycles. The van der Waals surface area contributed by atoms with Gasteiger partial charge in [0.15, 0.2) is 0 Å². The molecule has 6 nitrogen and oxygen atoms in total. The number of fused-ring (bicyclic) bond motifs is 1.